The minimum atomic E-state index is -0.175. The summed E-state index contributed by atoms with van der Waals surface area (Å²) in [6.45, 7) is 6.48. The molecule has 0 aliphatic carbocycles. The highest BCUT2D eigenvalue weighted by Crippen LogP contribution is 2.13. The molecule has 0 aromatic heterocycles. The normalized spacial score (nSPS) is 14.6. The van der Waals surface area contributed by atoms with Gasteiger partial charge in [-0.25, -0.2) is 4.39 Å². The number of guanidine groups is 1. The van der Waals surface area contributed by atoms with Gasteiger partial charge in [0.2, 0.25) is 0 Å². The van der Waals surface area contributed by atoms with Crippen molar-refractivity contribution in [2.24, 2.45) is 4.99 Å². The van der Waals surface area contributed by atoms with Gasteiger partial charge in [0.15, 0.2) is 5.96 Å². The molecule has 1 fully saturated rings. The van der Waals surface area contributed by atoms with Gasteiger partial charge in [0, 0.05) is 26.7 Å². The summed E-state index contributed by atoms with van der Waals surface area (Å²) in [6, 6.07) is 14.0. The number of halogens is 2. The molecule has 1 saturated heterocycles. The first kappa shape index (κ1) is 22.6. The van der Waals surface area contributed by atoms with E-state index in [2.05, 4.69) is 44.8 Å². The molecule has 0 atom stereocenters. The van der Waals surface area contributed by atoms with Crippen molar-refractivity contribution in [2.75, 3.05) is 20.1 Å². The van der Waals surface area contributed by atoms with Crippen LogP contribution in [-0.2, 0) is 19.6 Å². The summed E-state index contributed by atoms with van der Waals surface area (Å²) in [6.07, 6.45) is 2.65. The number of hydrogen-bond donors (Lipinski definition) is 2. The van der Waals surface area contributed by atoms with Crippen LogP contribution in [0.1, 0.15) is 35.1 Å². The van der Waals surface area contributed by atoms with Gasteiger partial charge in [0.25, 0.3) is 0 Å². The van der Waals surface area contributed by atoms with Crippen LogP contribution in [0.3, 0.4) is 0 Å². The van der Waals surface area contributed by atoms with E-state index >= 15 is 0 Å². The average molecular weight is 496 g/mol. The lowest BCUT2D eigenvalue weighted by Crippen LogP contribution is -2.36. The van der Waals surface area contributed by atoms with E-state index in [1.165, 1.54) is 37.1 Å². The number of likely N-dealkylation sites (tertiary alicyclic amines) is 1. The maximum absolute atomic E-state index is 13.6. The van der Waals surface area contributed by atoms with Crippen molar-refractivity contribution in [1.29, 1.82) is 0 Å². The molecule has 0 spiro atoms. The van der Waals surface area contributed by atoms with Crippen molar-refractivity contribution in [1.82, 2.24) is 15.5 Å². The maximum atomic E-state index is 13.6. The number of rotatable bonds is 6. The smallest absolute Gasteiger partial charge is 0.191 e. The zero-order valence-corrected chi connectivity index (χ0v) is 19.0. The maximum Gasteiger partial charge on any atom is 0.191 e. The Bertz CT molecular complexity index is 771. The van der Waals surface area contributed by atoms with Gasteiger partial charge in [-0.15, -0.1) is 24.0 Å². The molecule has 2 aromatic carbocycles. The third-order valence-electron chi connectivity index (χ3n) is 5.01. The van der Waals surface area contributed by atoms with E-state index in [9.17, 15) is 4.39 Å². The second kappa shape index (κ2) is 11.4. The first-order valence-corrected chi connectivity index (χ1v) is 9.64. The number of hydrogen-bond acceptors (Lipinski definition) is 2. The van der Waals surface area contributed by atoms with Gasteiger partial charge in [-0.05, 0) is 61.2 Å². The Balaban J connectivity index is 0.00000280. The molecule has 0 amide bonds. The number of nitrogens with zero attached hydrogens (tertiary/aromatic N) is 2. The Kier molecular flexibility index (Phi) is 9.18. The van der Waals surface area contributed by atoms with Crippen molar-refractivity contribution < 1.29 is 4.39 Å². The third kappa shape index (κ3) is 6.74. The van der Waals surface area contributed by atoms with Crippen LogP contribution in [0.15, 0.2) is 47.5 Å². The number of aryl methyl sites for hydroxylation is 1. The van der Waals surface area contributed by atoms with E-state index in [1.54, 1.807) is 26.1 Å². The quantitative estimate of drug-likeness (QED) is 0.358. The predicted octanol–water partition coefficient (Wildman–Crippen LogP) is 4.21. The average Bonchev–Trinajstić information content (AvgIpc) is 3.19. The Morgan fingerprint density at radius 2 is 1.54 bits per heavy atom. The van der Waals surface area contributed by atoms with Crippen LogP contribution in [0.5, 0.6) is 0 Å². The summed E-state index contributed by atoms with van der Waals surface area (Å²) in [5.74, 6) is 0.531. The van der Waals surface area contributed by atoms with Crippen LogP contribution < -0.4 is 10.6 Å². The molecule has 4 nitrogen and oxygen atoms in total. The molecule has 1 aliphatic heterocycles. The molecule has 6 heteroatoms. The molecule has 2 N–H and O–H groups in total. The molecule has 0 bridgehead atoms. The molecular formula is C22H30FIN4. The molecule has 152 valence electrons. The standard InChI is InChI=1S/C22H29FN4.HI/c1-17-5-6-20(13-21(17)23)15-26-22(24-2)25-14-18-7-9-19(10-8-18)16-27-11-3-4-12-27;/h5-10,13H,3-4,11-12,14-16H2,1-2H3,(H2,24,25,26);1H. The number of aliphatic imine (C=N–C) groups is 1. The fourth-order valence-corrected chi connectivity index (χ4v) is 3.30. The summed E-state index contributed by atoms with van der Waals surface area (Å²) >= 11 is 0. The van der Waals surface area contributed by atoms with Gasteiger partial charge in [0.1, 0.15) is 5.82 Å². The Morgan fingerprint density at radius 3 is 2.14 bits per heavy atom. The monoisotopic (exact) mass is 496 g/mol. The van der Waals surface area contributed by atoms with Crippen LogP contribution in [0.4, 0.5) is 4.39 Å². The molecule has 1 aliphatic rings. The first-order valence-electron chi connectivity index (χ1n) is 9.64. The molecule has 0 unspecified atom stereocenters. The van der Waals surface area contributed by atoms with Gasteiger partial charge in [-0.1, -0.05) is 36.4 Å². The molecule has 0 radical (unpaired) electrons. The fraction of sp³-hybridized carbons (Fsp3) is 0.409. The summed E-state index contributed by atoms with van der Waals surface area (Å²) in [5, 5.41) is 6.54. The summed E-state index contributed by atoms with van der Waals surface area (Å²) in [5.41, 5.74) is 4.14. The van der Waals surface area contributed by atoms with E-state index in [0.717, 1.165) is 12.1 Å². The third-order valence-corrected chi connectivity index (χ3v) is 5.01. The van der Waals surface area contributed by atoms with Gasteiger partial charge >= 0.3 is 0 Å². The molecular weight excluding hydrogens is 466 g/mol. The van der Waals surface area contributed by atoms with Crippen LogP contribution in [0.25, 0.3) is 0 Å². The lowest BCUT2D eigenvalue weighted by atomic mass is 10.1. The van der Waals surface area contributed by atoms with Crippen LogP contribution in [-0.4, -0.2) is 31.0 Å². The first-order chi connectivity index (χ1) is 13.1. The fourth-order valence-electron chi connectivity index (χ4n) is 3.30. The summed E-state index contributed by atoms with van der Waals surface area (Å²) in [7, 11) is 1.74. The molecule has 2 aromatic rings. The van der Waals surface area contributed by atoms with E-state index < -0.39 is 0 Å². The van der Waals surface area contributed by atoms with Gasteiger partial charge in [0.05, 0.1) is 0 Å². The second-order valence-corrected chi connectivity index (χ2v) is 7.16. The number of benzene rings is 2. The van der Waals surface area contributed by atoms with Crippen molar-refractivity contribution in [3.05, 3.63) is 70.5 Å². The van der Waals surface area contributed by atoms with Crippen LogP contribution >= 0.6 is 24.0 Å². The minimum Gasteiger partial charge on any atom is -0.352 e. The predicted molar refractivity (Wildman–Crippen MR) is 125 cm³/mol. The molecule has 0 saturated carbocycles. The van der Waals surface area contributed by atoms with E-state index in [4.69, 9.17) is 0 Å². The lowest BCUT2D eigenvalue weighted by Gasteiger charge is -2.15. The van der Waals surface area contributed by atoms with E-state index in [-0.39, 0.29) is 29.8 Å². The SMILES string of the molecule is CN=C(NCc1ccc(CN2CCCC2)cc1)NCc1ccc(C)c(F)c1.I. The van der Waals surface area contributed by atoms with Crippen LogP contribution in [0.2, 0.25) is 0 Å². The Morgan fingerprint density at radius 1 is 0.964 bits per heavy atom. The number of nitrogens with one attached hydrogen (secondary N) is 2. The van der Waals surface area contributed by atoms with E-state index in [0.29, 0.717) is 24.6 Å². The highest BCUT2D eigenvalue weighted by atomic mass is 127. The van der Waals surface area contributed by atoms with Crippen molar-refractivity contribution in [3.63, 3.8) is 0 Å². The minimum absolute atomic E-state index is 0. The topological polar surface area (TPSA) is 39.7 Å². The molecule has 1 heterocycles. The molecule has 28 heavy (non-hydrogen) atoms. The Labute approximate surface area is 184 Å². The summed E-state index contributed by atoms with van der Waals surface area (Å²) in [4.78, 5) is 6.75. The zero-order valence-electron chi connectivity index (χ0n) is 16.7. The van der Waals surface area contributed by atoms with Crippen molar-refractivity contribution in [2.45, 2.75) is 39.4 Å². The van der Waals surface area contributed by atoms with Gasteiger partial charge in [-0.2, -0.15) is 0 Å². The highest BCUT2D eigenvalue weighted by Gasteiger charge is 2.11. The Hall–Kier alpha value is -1.67. The van der Waals surface area contributed by atoms with Gasteiger partial charge in [-0.3, -0.25) is 9.89 Å². The highest BCUT2D eigenvalue weighted by molar-refractivity contribution is 14.0. The van der Waals surface area contributed by atoms with Crippen LogP contribution in [0, 0.1) is 12.7 Å². The second-order valence-electron chi connectivity index (χ2n) is 7.16. The lowest BCUT2D eigenvalue weighted by molar-refractivity contribution is 0.331. The largest absolute Gasteiger partial charge is 0.352 e. The zero-order chi connectivity index (χ0) is 19.1. The summed E-state index contributed by atoms with van der Waals surface area (Å²) < 4.78 is 13.6. The van der Waals surface area contributed by atoms with Crippen molar-refractivity contribution >= 4 is 29.9 Å². The van der Waals surface area contributed by atoms with Gasteiger partial charge < -0.3 is 10.6 Å². The molecule has 3 rings (SSSR count). The van der Waals surface area contributed by atoms with E-state index in [1.807, 2.05) is 6.07 Å². The van der Waals surface area contributed by atoms with Crippen molar-refractivity contribution in [3.8, 4) is 0 Å².